The fourth-order valence-corrected chi connectivity index (χ4v) is 5.14. The average molecular weight is 449 g/mol. The minimum absolute atomic E-state index is 0.0650. The third-order valence-electron chi connectivity index (χ3n) is 6.04. The average Bonchev–Trinajstić information content (AvgIpc) is 3.21. The van der Waals surface area contributed by atoms with E-state index in [9.17, 15) is 9.59 Å². The second-order valence-electron chi connectivity index (χ2n) is 8.21. The maximum Gasteiger partial charge on any atom is 0.233 e. The number of aromatic nitrogens is 2. The molecule has 2 heterocycles. The van der Waals surface area contributed by atoms with E-state index in [1.165, 1.54) is 11.8 Å². The van der Waals surface area contributed by atoms with Gasteiger partial charge in [-0.25, -0.2) is 4.98 Å². The number of carbonyl (C=O) groups excluding carboxylic acids is 2. The van der Waals surface area contributed by atoms with Crippen molar-refractivity contribution >= 4 is 23.6 Å². The van der Waals surface area contributed by atoms with Crippen molar-refractivity contribution in [3.8, 4) is 16.9 Å². The van der Waals surface area contributed by atoms with Crippen LogP contribution in [0.15, 0.2) is 59.9 Å². The van der Waals surface area contributed by atoms with E-state index in [4.69, 9.17) is 10.7 Å². The van der Waals surface area contributed by atoms with E-state index < -0.39 is 0 Å². The van der Waals surface area contributed by atoms with Crippen LogP contribution < -0.4 is 5.73 Å². The van der Waals surface area contributed by atoms with Crippen molar-refractivity contribution in [3.05, 3.63) is 65.9 Å². The maximum absolute atomic E-state index is 12.9. The molecule has 2 N–H and O–H groups in total. The molecule has 2 aromatic carbocycles. The van der Waals surface area contributed by atoms with Crippen LogP contribution >= 0.6 is 11.8 Å². The zero-order valence-electron chi connectivity index (χ0n) is 18.5. The molecular weight excluding hydrogens is 420 g/mol. The highest BCUT2D eigenvalue weighted by atomic mass is 32.2. The number of piperidine rings is 1. The first-order valence-electron chi connectivity index (χ1n) is 10.9. The first kappa shape index (κ1) is 22.1. The molecule has 0 radical (unpaired) electrons. The van der Waals surface area contributed by atoms with Gasteiger partial charge in [-0.3, -0.25) is 14.2 Å². The lowest BCUT2D eigenvalue weighted by Crippen LogP contribution is -2.42. The van der Waals surface area contributed by atoms with Crippen LogP contribution in [-0.4, -0.2) is 45.1 Å². The zero-order chi connectivity index (χ0) is 22.7. The summed E-state index contributed by atoms with van der Waals surface area (Å²) in [7, 11) is 0. The maximum atomic E-state index is 12.9. The van der Waals surface area contributed by atoms with Gasteiger partial charge in [-0.05, 0) is 37.8 Å². The van der Waals surface area contributed by atoms with Crippen LogP contribution in [0.25, 0.3) is 16.9 Å². The summed E-state index contributed by atoms with van der Waals surface area (Å²) in [4.78, 5) is 30.8. The van der Waals surface area contributed by atoms with E-state index in [2.05, 4.69) is 48.7 Å². The summed E-state index contributed by atoms with van der Waals surface area (Å²) in [6, 6.07) is 16.4. The Kier molecular flexibility index (Phi) is 6.65. The largest absolute Gasteiger partial charge is 0.369 e. The number of carbonyl (C=O) groups is 2. The summed E-state index contributed by atoms with van der Waals surface area (Å²) in [5.41, 5.74) is 10.9. The number of thioether (sulfide) groups is 1. The number of para-hydroxylation sites is 1. The summed E-state index contributed by atoms with van der Waals surface area (Å²) in [5, 5.41) is 0.793. The number of aryl methyl sites for hydroxylation is 2. The van der Waals surface area contributed by atoms with Crippen molar-refractivity contribution in [2.75, 3.05) is 18.8 Å². The molecule has 1 aliphatic rings. The van der Waals surface area contributed by atoms with E-state index in [0.29, 0.717) is 31.7 Å². The van der Waals surface area contributed by atoms with Crippen LogP contribution in [-0.2, 0) is 9.59 Å². The number of hydrogen-bond acceptors (Lipinski definition) is 4. The lowest BCUT2D eigenvalue weighted by molar-refractivity contribution is -0.132. The molecule has 2 amide bonds. The molecule has 4 rings (SSSR count). The molecule has 0 saturated carbocycles. The first-order valence-corrected chi connectivity index (χ1v) is 11.8. The van der Waals surface area contributed by atoms with Crippen LogP contribution in [0.3, 0.4) is 0 Å². The number of rotatable bonds is 6. The van der Waals surface area contributed by atoms with E-state index >= 15 is 0 Å². The Hall–Kier alpha value is -3.06. The normalized spacial score (nSPS) is 14.5. The van der Waals surface area contributed by atoms with Gasteiger partial charge in [0.15, 0.2) is 5.16 Å². The van der Waals surface area contributed by atoms with Gasteiger partial charge >= 0.3 is 0 Å². The van der Waals surface area contributed by atoms with Crippen molar-refractivity contribution in [1.82, 2.24) is 14.5 Å². The van der Waals surface area contributed by atoms with Gasteiger partial charge in [0, 0.05) is 24.6 Å². The van der Waals surface area contributed by atoms with Crippen molar-refractivity contribution < 1.29 is 9.59 Å². The van der Waals surface area contributed by atoms with Crippen molar-refractivity contribution in [2.45, 2.75) is 31.8 Å². The lowest BCUT2D eigenvalue weighted by atomic mass is 9.96. The Labute approximate surface area is 192 Å². The number of hydrogen-bond donors (Lipinski definition) is 1. The SMILES string of the molecule is Cc1cccc(C)c1-n1c(-c2ccccc2)cnc1SCC(=O)N1CCC(C(N)=O)CC1. The summed E-state index contributed by atoms with van der Waals surface area (Å²) in [6.07, 6.45) is 3.16. The van der Waals surface area contributed by atoms with Crippen LogP contribution in [0.1, 0.15) is 24.0 Å². The molecule has 7 heteroatoms. The molecule has 32 heavy (non-hydrogen) atoms. The number of benzene rings is 2. The number of nitrogens with two attached hydrogens (primary N) is 1. The van der Waals surface area contributed by atoms with Gasteiger partial charge in [0.05, 0.1) is 23.3 Å². The van der Waals surface area contributed by atoms with Crippen LogP contribution in [0.5, 0.6) is 0 Å². The van der Waals surface area contributed by atoms with E-state index in [0.717, 1.165) is 33.2 Å². The minimum Gasteiger partial charge on any atom is -0.369 e. The lowest BCUT2D eigenvalue weighted by Gasteiger charge is -2.30. The number of amides is 2. The molecule has 0 spiro atoms. The highest BCUT2D eigenvalue weighted by molar-refractivity contribution is 7.99. The number of primary amides is 1. The molecule has 0 unspecified atom stereocenters. The molecule has 0 aliphatic carbocycles. The predicted octanol–water partition coefficient (Wildman–Crippen LogP) is 3.97. The van der Waals surface area contributed by atoms with Crippen LogP contribution in [0, 0.1) is 19.8 Å². The number of nitrogens with zero attached hydrogens (tertiary/aromatic N) is 3. The Morgan fingerprint density at radius 3 is 2.31 bits per heavy atom. The zero-order valence-corrected chi connectivity index (χ0v) is 19.3. The number of likely N-dealkylation sites (tertiary alicyclic amines) is 1. The van der Waals surface area contributed by atoms with Gasteiger partial charge in [0.2, 0.25) is 11.8 Å². The fourth-order valence-electron chi connectivity index (χ4n) is 4.25. The fraction of sp³-hybridized carbons (Fsp3) is 0.320. The molecule has 1 aromatic heterocycles. The molecule has 1 aliphatic heterocycles. The third-order valence-corrected chi connectivity index (χ3v) is 6.97. The standard InChI is InChI=1S/C25H28N4O2S/c1-17-7-6-8-18(2)23(17)29-21(19-9-4-3-5-10-19)15-27-25(29)32-16-22(30)28-13-11-20(12-14-28)24(26)31/h3-10,15,20H,11-14,16H2,1-2H3,(H2,26,31). The monoisotopic (exact) mass is 448 g/mol. The molecule has 1 saturated heterocycles. The highest BCUT2D eigenvalue weighted by Gasteiger charge is 2.26. The second kappa shape index (κ2) is 9.61. The smallest absolute Gasteiger partial charge is 0.233 e. The Bertz CT molecular complexity index is 1100. The van der Waals surface area contributed by atoms with Gasteiger partial charge in [-0.1, -0.05) is 60.3 Å². The Morgan fingerprint density at radius 2 is 1.69 bits per heavy atom. The van der Waals surface area contributed by atoms with Crippen molar-refractivity contribution in [2.24, 2.45) is 11.7 Å². The Morgan fingerprint density at radius 1 is 1.03 bits per heavy atom. The van der Waals surface area contributed by atoms with Gasteiger partial charge in [0.1, 0.15) is 0 Å². The molecular formula is C25H28N4O2S. The van der Waals surface area contributed by atoms with Crippen molar-refractivity contribution in [1.29, 1.82) is 0 Å². The molecule has 1 fully saturated rings. The quantitative estimate of drug-likeness (QED) is 0.579. The van der Waals surface area contributed by atoms with E-state index in [1.54, 1.807) is 0 Å². The van der Waals surface area contributed by atoms with E-state index in [1.807, 2.05) is 29.3 Å². The van der Waals surface area contributed by atoms with Crippen LogP contribution in [0.2, 0.25) is 0 Å². The molecule has 166 valence electrons. The van der Waals surface area contributed by atoms with Crippen molar-refractivity contribution in [3.63, 3.8) is 0 Å². The molecule has 0 bridgehead atoms. The second-order valence-corrected chi connectivity index (χ2v) is 9.16. The summed E-state index contributed by atoms with van der Waals surface area (Å²) >= 11 is 1.45. The highest BCUT2D eigenvalue weighted by Crippen LogP contribution is 2.33. The minimum atomic E-state index is -0.268. The third kappa shape index (κ3) is 4.58. The van der Waals surface area contributed by atoms with Gasteiger partial charge in [0.25, 0.3) is 0 Å². The summed E-state index contributed by atoms with van der Waals surface area (Å²) < 4.78 is 2.16. The predicted molar refractivity (Wildman–Crippen MR) is 128 cm³/mol. The van der Waals surface area contributed by atoms with Gasteiger partial charge in [-0.15, -0.1) is 0 Å². The first-order chi connectivity index (χ1) is 15.5. The summed E-state index contributed by atoms with van der Waals surface area (Å²) in [5.74, 6) is -0.0222. The van der Waals surface area contributed by atoms with Gasteiger partial charge < -0.3 is 10.6 Å². The topological polar surface area (TPSA) is 81.2 Å². The van der Waals surface area contributed by atoms with E-state index in [-0.39, 0.29) is 17.7 Å². The molecule has 3 aromatic rings. The molecule has 6 nitrogen and oxygen atoms in total. The summed E-state index contributed by atoms with van der Waals surface area (Å²) in [6.45, 7) is 5.35. The number of imidazole rings is 1. The van der Waals surface area contributed by atoms with Gasteiger partial charge in [-0.2, -0.15) is 0 Å². The molecule has 0 atom stereocenters. The Balaban J connectivity index is 1.59. The van der Waals surface area contributed by atoms with Crippen LogP contribution in [0.4, 0.5) is 0 Å².